The number of benzene rings is 1. The molecule has 4 nitrogen and oxygen atoms in total. The first-order chi connectivity index (χ1) is 9.11. The summed E-state index contributed by atoms with van der Waals surface area (Å²) in [6, 6.07) is 6.99. The standard InChI is InChI=1S/C15H19NO3/c1-11-4-3-9-16(15(11)18)10-14(17)12-5-7-13(19-2)8-6-12/h5-8,11H,3-4,9-10H2,1-2H3. The normalized spacial score (nSPS) is 19.4. The van der Waals surface area contributed by atoms with E-state index in [9.17, 15) is 9.59 Å². The van der Waals surface area contributed by atoms with Gasteiger partial charge in [0, 0.05) is 18.0 Å². The van der Waals surface area contributed by atoms with Crippen LogP contribution in [0.15, 0.2) is 24.3 Å². The Bertz CT molecular complexity index is 467. The molecule has 4 heteroatoms. The van der Waals surface area contributed by atoms with Gasteiger partial charge in [0.15, 0.2) is 5.78 Å². The van der Waals surface area contributed by atoms with Crippen molar-refractivity contribution in [3.05, 3.63) is 29.8 Å². The van der Waals surface area contributed by atoms with E-state index in [0.717, 1.165) is 18.6 Å². The minimum atomic E-state index is -0.0231. The van der Waals surface area contributed by atoms with Gasteiger partial charge in [-0.05, 0) is 37.1 Å². The molecular formula is C15H19NO3. The number of nitrogens with zero attached hydrogens (tertiary/aromatic N) is 1. The van der Waals surface area contributed by atoms with Gasteiger partial charge in [-0.3, -0.25) is 9.59 Å². The second-order valence-electron chi connectivity index (χ2n) is 4.95. The molecule has 0 bridgehead atoms. The van der Waals surface area contributed by atoms with Gasteiger partial charge in [0.05, 0.1) is 13.7 Å². The van der Waals surface area contributed by atoms with Crippen molar-refractivity contribution in [1.29, 1.82) is 0 Å². The number of hydrogen-bond donors (Lipinski definition) is 0. The van der Waals surface area contributed by atoms with E-state index in [1.165, 1.54) is 0 Å². The van der Waals surface area contributed by atoms with Crippen molar-refractivity contribution in [3.8, 4) is 5.75 Å². The molecule has 2 rings (SSSR count). The smallest absolute Gasteiger partial charge is 0.225 e. The van der Waals surface area contributed by atoms with Gasteiger partial charge in [0.1, 0.15) is 5.75 Å². The number of rotatable bonds is 4. The Kier molecular flexibility index (Phi) is 4.20. The Morgan fingerprint density at radius 2 is 2.05 bits per heavy atom. The van der Waals surface area contributed by atoms with E-state index in [1.807, 2.05) is 6.92 Å². The van der Waals surface area contributed by atoms with Gasteiger partial charge in [0.2, 0.25) is 5.91 Å². The molecule has 0 spiro atoms. The highest BCUT2D eigenvalue weighted by Crippen LogP contribution is 2.18. The van der Waals surface area contributed by atoms with E-state index in [1.54, 1.807) is 36.3 Å². The molecule has 1 unspecified atom stereocenters. The van der Waals surface area contributed by atoms with Crippen molar-refractivity contribution in [2.75, 3.05) is 20.2 Å². The number of amides is 1. The third-order valence-electron chi connectivity index (χ3n) is 3.54. The van der Waals surface area contributed by atoms with E-state index in [0.29, 0.717) is 12.1 Å². The van der Waals surface area contributed by atoms with Crippen LogP contribution in [0, 0.1) is 5.92 Å². The zero-order valence-corrected chi connectivity index (χ0v) is 11.4. The molecule has 0 radical (unpaired) electrons. The SMILES string of the molecule is COc1ccc(C(=O)CN2CCCC(C)C2=O)cc1. The summed E-state index contributed by atoms with van der Waals surface area (Å²) in [4.78, 5) is 25.7. The number of ketones is 1. The highest BCUT2D eigenvalue weighted by Gasteiger charge is 2.26. The molecule has 1 atom stereocenters. The molecular weight excluding hydrogens is 242 g/mol. The molecule has 0 aliphatic carbocycles. The average molecular weight is 261 g/mol. The van der Waals surface area contributed by atoms with Crippen molar-refractivity contribution < 1.29 is 14.3 Å². The highest BCUT2D eigenvalue weighted by atomic mass is 16.5. The third kappa shape index (κ3) is 3.13. The van der Waals surface area contributed by atoms with E-state index in [-0.39, 0.29) is 24.2 Å². The summed E-state index contributed by atoms with van der Waals surface area (Å²) >= 11 is 0. The molecule has 1 aromatic carbocycles. The molecule has 1 fully saturated rings. The first-order valence-electron chi connectivity index (χ1n) is 6.58. The van der Waals surface area contributed by atoms with Crippen molar-refractivity contribution >= 4 is 11.7 Å². The fraction of sp³-hybridized carbons (Fsp3) is 0.467. The number of likely N-dealkylation sites (tertiary alicyclic amines) is 1. The molecule has 1 amide bonds. The molecule has 1 aliphatic rings. The average Bonchev–Trinajstić information content (AvgIpc) is 2.44. The third-order valence-corrected chi connectivity index (χ3v) is 3.54. The summed E-state index contributed by atoms with van der Waals surface area (Å²) in [7, 11) is 1.59. The van der Waals surface area contributed by atoms with Crippen molar-refractivity contribution in [2.45, 2.75) is 19.8 Å². The minimum absolute atomic E-state index is 0.0231. The van der Waals surface area contributed by atoms with Crippen LogP contribution in [0.2, 0.25) is 0 Å². The summed E-state index contributed by atoms with van der Waals surface area (Å²) in [5.41, 5.74) is 0.617. The first kappa shape index (κ1) is 13.6. The van der Waals surface area contributed by atoms with E-state index in [4.69, 9.17) is 4.74 Å². The van der Waals surface area contributed by atoms with Crippen molar-refractivity contribution in [3.63, 3.8) is 0 Å². The minimum Gasteiger partial charge on any atom is -0.497 e. The maximum Gasteiger partial charge on any atom is 0.225 e. The van der Waals surface area contributed by atoms with Gasteiger partial charge in [0.25, 0.3) is 0 Å². The quantitative estimate of drug-likeness (QED) is 0.780. The second-order valence-corrected chi connectivity index (χ2v) is 4.95. The number of hydrogen-bond acceptors (Lipinski definition) is 3. The summed E-state index contributed by atoms with van der Waals surface area (Å²) in [6.45, 7) is 2.78. The maximum atomic E-state index is 12.1. The van der Waals surface area contributed by atoms with E-state index < -0.39 is 0 Å². The fourth-order valence-corrected chi connectivity index (χ4v) is 2.33. The zero-order chi connectivity index (χ0) is 13.8. The second kappa shape index (κ2) is 5.87. The van der Waals surface area contributed by atoms with Crippen LogP contribution in [0.5, 0.6) is 5.75 Å². The molecule has 1 heterocycles. The van der Waals surface area contributed by atoms with Gasteiger partial charge in [-0.25, -0.2) is 0 Å². The van der Waals surface area contributed by atoms with Crippen LogP contribution >= 0.6 is 0 Å². The summed E-state index contributed by atoms with van der Waals surface area (Å²) < 4.78 is 5.05. The Balaban J connectivity index is 2.01. The summed E-state index contributed by atoms with van der Waals surface area (Å²) in [5.74, 6) is 0.829. The van der Waals surface area contributed by atoms with Crippen LogP contribution in [-0.4, -0.2) is 36.8 Å². The van der Waals surface area contributed by atoms with Crippen LogP contribution < -0.4 is 4.74 Å². The number of methoxy groups -OCH3 is 1. The Morgan fingerprint density at radius 3 is 2.68 bits per heavy atom. The largest absolute Gasteiger partial charge is 0.497 e. The molecule has 19 heavy (non-hydrogen) atoms. The topological polar surface area (TPSA) is 46.6 Å². The molecule has 102 valence electrons. The highest BCUT2D eigenvalue weighted by molar-refractivity contribution is 5.99. The van der Waals surface area contributed by atoms with Crippen LogP contribution in [0.3, 0.4) is 0 Å². The lowest BCUT2D eigenvalue weighted by molar-refractivity contribution is -0.137. The molecule has 1 aromatic rings. The zero-order valence-electron chi connectivity index (χ0n) is 11.4. The number of carbonyl (C=O) groups is 2. The number of ether oxygens (including phenoxy) is 1. The van der Waals surface area contributed by atoms with Crippen LogP contribution in [0.1, 0.15) is 30.1 Å². The first-order valence-corrected chi connectivity index (χ1v) is 6.58. The fourth-order valence-electron chi connectivity index (χ4n) is 2.33. The van der Waals surface area contributed by atoms with Gasteiger partial charge < -0.3 is 9.64 Å². The Hall–Kier alpha value is -1.84. The lowest BCUT2D eigenvalue weighted by Gasteiger charge is -2.30. The number of Topliss-reactive ketones (excluding diaryl/α,β-unsaturated/α-hetero) is 1. The van der Waals surface area contributed by atoms with Crippen LogP contribution in [0.4, 0.5) is 0 Å². The molecule has 0 N–H and O–H groups in total. The maximum absolute atomic E-state index is 12.1. The lowest BCUT2D eigenvalue weighted by atomic mass is 9.98. The van der Waals surface area contributed by atoms with Gasteiger partial charge >= 0.3 is 0 Å². The number of piperidine rings is 1. The molecule has 0 saturated carbocycles. The van der Waals surface area contributed by atoms with E-state index >= 15 is 0 Å². The lowest BCUT2D eigenvalue weighted by Crippen LogP contribution is -2.42. The van der Waals surface area contributed by atoms with Crippen molar-refractivity contribution in [1.82, 2.24) is 4.90 Å². The van der Waals surface area contributed by atoms with Gasteiger partial charge in [-0.1, -0.05) is 6.92 Å². The Labute approximate surface area is 113 Å². The van der Waals surface area contributed by atoms with Crippen LogP contribution in [0.25, 0.3) is 0 Å². The van der Waals surface area contributed by atoms with Crippen LogP contribution in [-0.2, 0) is 4.79 Å². The number of carbonyl (C=O) groups excluding carboxylic acids is 2. The van der Waals surface area contributed by atoms with Gasteiger partial charge in [-0.15, -0.1) is 0 Å². The molecule has 0 aromatic heterocycles. The predicted molar refractivity (Wildman–Crippen MR) is 72.3 cm³/mol. The summed E-state index contributed by atoms with van der Waals surface area (Å²) in [5, 5.41) is 0. The van der Waals surface area contributed by atoms with Crippen molar-refractivity contribution in [2.24, 2.45) is 5.92 Å². The predicted octanol–water partition coefficient (Wildman–Crippen LogP) is 2.14. The van der Waals surface area contributed by atoms with E-state index in [2.05, 4.69) is 0 Å². The van der Waals surface area contributed by atoms with Gasteiger partial charge in [-0.2, -0.15) is 0 Å². The molecule has 1 saturated heterocycles. The Morgan fingerprint density at radius 1 is 1.37 bits per heavy atom. The summed E-state index contributed by atoms with van der Waals surface area (Å²) in [6.07, 6.45) is 1.90. The monoisotopic (exact) mass is 261 g/mol. The molecule has 1 aliphatic heterocycles.